The summed E-state index contributed by atoms with van der Waals surface area (Å²) in [4.78, 5) is 8.19. The number of hydrogen-bond donors (Lipinski definition) is 2. The molecule has 0 spiro atoms. The van der Waals surface area contributed by atoms with Gasteiger partial charge in [-0.3, -0.25) is 0 Å². The number of nitrogens with zero attached hydrogens (tertiary/aromatic N) is 2. The van der Waals surface area contributed by atoms with E-state index in [0.717, 1.165) is 5.56 Å². The third kappa shape index (κ3) is 3.82. The van der Waals surface area contributed by atoms with Crippen LogP contribution in [0.4, 0.5) is 5.82 Å². The Balaban J connectivity index is 2.12. The number of rotatable bonds is 4. The molecule has 4 nitrogen and oxygen atoms in total. The van der Waals surface area contributed by atoms with E-state index in [4.69, 9.17) is 23.2 Å². The minimum atomic E-state index is -1.07. The maximum Gasteiger partial charge on any atom is 0.134 e. The molecule has 2 N–H and O–H groups in total. The van der Waals surface area contributed by atoms with Gasteiger partial charge in [0, 0.05) is 17.6 Å². The fraction of sp³-hybridized carbons (Fsp3) is 0.286. The van der Waals surface area contributed by atoms with E-state index in [1.807, 2.05) is 6.07 Å². The van der Waals surface area contributed by atoms with Crippen molar-refractivity contribution in [1.29, 1.82) is 0 Å². The Labute approximate surface area is 127 Å². The minimum absolute atomic E-state index is 0.278. The number of hydrogen-bond acceptors (Lipinski definition) is 4. The van der Waals surface area contributed by atoms with Gasteiger partial charge in [0.1, 0.15) is 22.4 Å². The van der Waals surface area contributed by atoms with Gasteiger partial charge >= 0.3 is 0 Å². The highest BCUT2D eigenvalue weighted by Gasteiger charge is 2.23. The second-order valence-corrected chi connectivity index (χ2v) is 5.58. The van der Waals surface area contributed by atoms with E-state index in [-0.39, 0.29) is 6.54 Å². The number of aromatic nitrogens is 2. The van der Waals surface area contributed by atoms with E-state index in [2.05, 4.69) is 15.3 Å². The Morgan fingerprint density at radius 3 is 2.65 bits per heavy atom. The quantitative estimate of drug-likeness (QED) is 0.850. The fourth-order valence-corrected chi connectivity index (χ4v) is 2.23. The molecule has 0 aliphatic rings. The largest absolute Gasteiger partial charge is 0.384 e. The van der Waals surface area contributed by atoms with Crippen LogP contribution in [0.1, 0.15) is 18.3 Å². The van der Waals surface area contributed by atoms with E-state index in [9.17, 15) is 5.11 Å². The van der Waals surface area contributed by atoms with Gasteiger partial charge in [-0.2, -0.15) is 0 Å². The molecular formula is C14H15Cl2N3O. The van der Waals surface area contributed by atoms with E-state index >= 15 is 0 Å². The first-order valence-corrected chi connectivity index (χ1v) is 6.86. The molecule has 0 saturated carbocycles. The third-order valence-electron chi connectivity index (χ3n) is 2.87. The lowest BCUT2D eigenvalue weighted by Crippen LogP contribution is -2.31. The van der Waals surface area contributed by atoms with Gasteiger partial charge in [-0.25, -0.2) is 9.97 Å². The summed E-state index contributed by atoms with van der Waals surface area (Å²) in [6, 6.07) is 8.75. The molecule has 0 amide bonds. The molecule has 1 aromatic heterocycles. The van der Waals surface area contributed by atoms with Gasteiger partial charge in [0.25, 0.3) is 0 Å². The van der Waals surface area contributed by atoms with Gasteiger partial charge in [0.2, 0.25) is 0 Å². The molecule has 1 unspecified atom stereocenters. The number of aliphatic hydroxyl groups is 1. The number of anilines is 1. The van der Waals surface area contributed by atoms with Gasteiger partial charge < -0.3 is 10.4 Å². The summed E-state index contributed by atoms with van der Waals surface area (Å²) in [6.45, 7) is 3.74. The van der Waals surface area contributed by atoms with Gasteiger partial charge in [-0.15, -0.1) is 0 Å². The maximum absolute atomic E-state index is 10.5. The predicted molar refractivity (Wildman–Crippen MR) is 81.3 cm³/mol. The first-order valence-electron chi connectivity index (χ1n) is 6.10. The van der Waals surface area contributed by atoms with Crippen LogP contribution >= 0.6 is 23.2 Å². The molecule has 0 bridgehead atoms. The summed E-state index contributed by atoms with van der Waals surface area (Å²) in [5.41, 5.74) is -0.342. The van der Waals surface area contributed by atoms with Crippen molar-refractivity contribution < 1.29 is 5.11 Å². The summed E-state index contributed by atoms with van der Waals surface area (Å²) in [5, 5.41) is 14.5. The third-order valence-corrected chi connectivity index (χ3v) is 3.30. The van der Waals surface area contributed by atoms with Gasteiger partial charge in [-0.1, -0.05) is 35.3 Å². The highest BCUT2D eigenvalue weighted by atomic mass is 35.5. The maximum atomic E-state index is 10.5. The number of benzene rings is 1. The Morgan fingerprint density at radius 2 is 2.00 bits per heavy atom. The van der Waals surface area contributed by atoms with Crippen LogP contribution in [-0.2, 0) is 5.60 Å². The molecule has 0 fully saturated rings. The lowest BCUT2D eigenvalue weighted by Gasteiger charge is -2.24. The molecule has 1 heterocycles. The van der Waals surface area contributed by atoms with Crippen molar-refractivity contribution in [2.75, 3.05) is 11.9 Å². The Kier molecular flexibility index (Phi) is 4.48. The van der Waals surface area contributed by atoms with Crippen LogP contribution < -0.4 is 5.32 Å². The van der Waals surface area contributed by atoms with Gasteiger partial charge in [-0.05, 0) is 31.5 Å². The molecule has 1 aromatic carbocycles. The zero-order valence-electron chi connectivity index (χ0n) is 11.2. The molecule has 0 radical (unpaired) electrons. The van der Waals surface area contributed by atoms with Crippen LogP contribution in [0.5, 0.6) is 0 Å². The van der Waals surface area contributed by atoms with Crippen LogP contribution in [-0.4, -0.2) is 21.6 Å². The molecular weight excluding hydrogens is 297 g/mol. The zero-order chi connectivity index (χ0) is 14.8. The fourth-order valence-electron chi connectivity index (χ4n) is 1.81. The summed E-state index contributed by atoms with van der Waals surface area (Å²) in [5.74, 6) is 1.15. The van der Waals surface area contributed by atoms with Gasteiger partial charge in [0.15, 0.2) is 0 Å². The van der Waals surface area contributed by atoms with Crippen molar-refractivity contribution >= 4 is 29.0 Å². The van der Waals surface area contributed by atoms with Crippen molar-refractivity contribution in [2.45, 2.75) is 19.4 Å². The minimum Gasteiger partial charge on any atom is -0.384 e. The lowest BCUT2D eigenvalue weighted by atomic mass is 9.96. The van der Waals surface area contributed by atoms with Gasteiger partial charge in [0.05, 0.1) is 0 Å². The first-order chi connectivity index (χ1) is 9.37. The van der Waals surface area contributed by atoms with E-state index < -0.39 is 5.60 Å². The van der Waals surface area contributed by atoms with Crippen molar-refractivity contribution in [3.63, 3.8) is 0 Å². The highest BCUT2D eigenvalue weighted by Crippen LogP contribution is 2.24. The summed E-state index contributed by atoms with van der Waals surface area (Å²) >= 11 is 11.8. The molecule has 0 aliphatic carbocycles. The number of nitrogens with one attached hydrogen (secondary N) is 1. The molecule has 0 aliphatic heterocycles. The second kappa shape index (κ2) is 5.95. The first kappa shape index (κ1) is 15.0. The second-order valence-electron chi connectivity index (χ2n) is 4.76. The summed E-state index contributed by atoms with van der Waals surface area (Å²) < 4.78 is 0. The smallest absolute Gasteiger partial charge is 0.134 e. The van der Waals surface area contributed by atoms with Crippen LogP contribution in [0.15, 0.2) is 30.3 Å². The van der Waals surface area contributed by atoms with Crippen molar-refractivity contribution in [3.05, 3.63) is 51.9 Å². The average Bonchev–Trinajstić information content (AvgIpc) is 2.35. The van der Waals surface area contributed by atoms with E-state index in [1.54, 1.807) is 38.1 Å². The average molecular weight is 312 g/mol. The summed E-state index contributed by atoms with van der Waals surface area (Å²) in [7, 11) is 0. The van der Waals surface area contributed by atoms with Crippen LogP contribution in [0.25, 0.3) is 0 Å². The molecule has 2 rings (SSSR count). The summed E-state index contributed by atoms with van der Waals surface area (Å²) in [6.07, 6.45) is 0. The molecule has 6 heteroatoms. The van der Waals surface area contributed by atoms with E-state index in [0.29, 0.717) is 21.8 Å². The molecule has 2 aromatic rings. The predicted octanol–water partition coefficient (Wildman–Crippen LogP) is 3.41. The van der Waals surface area contributed by atoms with Crippen molar-refractivity contribution in [2.24, 2.45) is 0 Å². The Hall–Kier alpha value is -1.36. The normalized spacial score (nSPS) is 13.8. The lowest BCUT2D eigenvalue weighted by molar-refractivity contribution is 0.0714. The standard InChI is InChI=1S/C14H15Cl2N3O/c1-9-18-12(16)7-13(19-9)17-8-14(2,20)10-4-3-5-11(15)6-10/h3-7,20H,8H2,1-2H3,(H,17,18,19). The Morgan fingerprint density at radius 1 is 1.25 bits per heavy atom. The molecule has 1 atom stereocenters. The van der Waals surface area contributed by atoms with Crippen LogP contribution in [0, 0.1) is 6.92 Å². The Bertz CT molecular complexity index is 597. The molecule has 0 saturated heterocycles. The van der Waals surface area contributed by atoms with Crippen molar-refractivity contribution in [3.8, 4) is 0 Å². The number of halogens is 2. The number of aryl methyl sites for hydroxylation is 1. The molecule has 106 valence electrons. The topological polar surface area (TPSA) is 58.0 Å². The zero-order valence-corrected chi connectivity index (χ0v) is 12.7. The monoisotopic (exact) mass is 311 g/mol. The van der Waals surface area contributed by atoms with Crippen LogP contribution in [0.3, 0.4) is 0 Å². The molecule has 20 heavy (non-hydrogen) atoms. The SMILES string of the molecule is Cc1nc(Cl)cc(NCC(C)(O)c2cccc(Cl)c2)n1. The van der Waals surface area contributed by atoms with Crippen molar-refractivity contribution in [1.82, 2.24) is 9.97 Å². The van der Waals surface area contributed by atoms with E-state index in [1.165, 1.54) is 0 Å². The van der Waals surface area contributed by atoms with Crippen LogP contribution in [0.2, 0.25) is 10.2 Å². The highest BCUT2D eigenvalue weighted by molar-refractivity contribution is 6.30.